The van der Waals surface area contributed by atoms with Crippen LogP contribution in [0.2, 0.25) is 0 Å². The Bertz CT molecular complexity index is 1890. The molecule has 0 aliphatic carbocycles. The second kappa shape index (κ2) is 24.6. The average molecular weight is 855 g/mol. The molecule has 62 heavy (non-hydrogen) atoms. The van der Waals surface area contributed by atoms with E-state index in [1.165, 1.54) is 4.90 Å². The number of carboxylic acid groups (broad SMARTS) is 1. The molecule has 0 saturated carbocycles. The summed E-state index contributed by atoms with van der Waals surface area (Å²) in [6.07, 6.45) is 1.89. The highest BCUT2D eigenvalue weighted by molar-refractivity contribution is 5.95. The maximum Gasteiger partial charge on any atom is 0.407 e. The van der Waals surface area contributed by atoms with E-state index in [2.05, 4.69) is 21.3 Å². The number of hydrogen-bond acceptors (Lipinski definition) is 8. The first-order valence-electron chi connectivity index (χ1n) is 21.7. The zero-order valence-electron chi connectivity index (χ0n) is 36.4. The number of carbonyl (C=O) groups is 6. The summed E-state index contributed by atoms with van der Waals surface area (Å²) in [6.45, 7) is 5.00. The van der Waals surface area contributed by atoms with Crippen molar-refractivity contribution >= 4 is 35.6 Å². The molecule has 6 amide bonds. The Morgan fingerprint density at radius 3 is 1.77 bits per heavy atom. The van der Waals surface area contributed by atoms with Gasteiger partial charge in [0.05, 0.1) is 6.04 Å². The van der Waals surface area contributed by atoms with Crippen molar-refractivity contribution in [1.82, 2.24) is 31.1 Å². The fourth-order valence-electron chi connectivity index (χ4n) is 7.94. The molecule has 0 radical (unpaired) electrons. The maximum atomic E-state index is 14.3. The molecule has 4 rings (SSSR count). The van der Waals surface area contributed by atoms with Gasteiger partial charge in [-0.15, -0.1) is 0 Å². The van der Waals surface area contributed by atoms with Gasteiger partial charge in [0.25, 0.3) is 0 Å². The average Bonchev–Trinajstić information content (AvgIpc) is 3.26. The van der Waals surface area contributed by atoms with Crippen LogP contribution in [-0.4, -0.2) is 108 Å². The molecule has 1 aliphatic rings. The maximum absolute atomic E-state index is 14.3. The van der Waals surface area contributed by atoms with E-state index in [1.807, 2.05) is 105 Å². The molecular formula is C47H66N8O7. The quantitative estimate of drug-likeness (QED) is 0.0693. The second-order valence-electron chi connectivity index (χ2n) is 16.9. The van der Waals surface area contributed by atoms with Gasteiger partial charge in [-0.1, -0.05) is 105 Å². The third-order valence-electron chi connectivity index (χ3n) is 11.4. The summed E-state index contributed by atoms with van der Waals surface area (Å²) >= 11 is 0. The van der Waals surface area contributed by atoms with E-state index in [9.17, 15) is 33.9 Å². The van der Waals surface area contributed by atoms with Gasteiger partial charge in [0.2, 0.25) is 29.5 Å². The Morgan fingerprint density at radius 2 is 1.24 bits per heavy atom. The number of likely N-dealkylation sites (tertiary alicyclic amines) is 1. The number of piperidine rings is 1. The van der Waals surface area contributed by atoms with Gasteiger partial charge in [0.1, 0.15) is 18.1 Å². The van der Waals surface area contributed by atoms with Crippen molar-refractivity contribution in [3.8, 4) is 0 Å². The number of unbranched alkanes of at least 4 members (excludes halogenated alkanes) is 1. The van der Waals surface area contributed by atoms with Crippen LogP contribution in [0.25, 0.3) is 0 Å². The van der Waals surface area contributed by atoms with Gasteiger partial charge in [-0.3, -0.25) is 24.0 Å². The second-order valence-corrected chi connectivity index (χ2v) is 16.9. The van der Waals surface area contributed by atoms with Crippen LogP contribution < -0.4 is 32.7 Å². The molecule has 3 aromatic carbocycles. The molecule has 9 N–H and O–H groups in total. The smallest absolute Gasteiger partial charge is 0.407 e. The van der Waals surface area contributed by atoms with E-state index in [0.717, 1.165) is 16.7 Å². The Balaban J connectivity index is 1.50. The molecular weight excluding hydrogens is 789 g/mol. The number of hydrogen-bond donors (Lipinski definition) is 7. The Kier molecular flexibility index (Phi) is 19.4. The van der Waals surface area contributed by atoms with Gasteiger partial charge in [0, 0.05) is 51.5 Å². The van der Waals surface area contributed by atoms with E-state index in [0.29, 0.717) is 38.6 Å². The van der Waals surface area contributed by atoms with Crippen LogP contribution in [0, 0.1) is 11.3 Å². The molecule has 0 unspecified atom stereocenters. The van der Waals surface area contributed by atoms with Gasteiger partial charge in [-0.25, -0.2) is 4.79 Å². The summed E-state index contributed by atoms with van der Waals surface area (Å²) in [5.41, 5.74) is 13.9. The van der Waals surface area contributed by atoms with Crippen molar-refractivity contribution in [2.24, 2.45) is 22.8 Å². The normalized spacial score (nSPS) is 15.4. The molecule has 15 nitrogen and oxygen atoms in total. The summed E-state index contributed by atoms with van der Waals surface area (Å²) in [7, 11) is 1.54. The third-order valence-corrected chi connectivity index (χ3v) is 11.4. The van der Waals surface area contributed by atoms with Crippen LogP contribution >= 0.6 is 0 Å². The standard InChI is InChI=1S/C47H66N8O7/c1-33(2)27-39(53-44(59)40(29-35-17-9-5-10-18-35)52-42(57)37(49)28-34-15-7-4-8-16-34)43(58)51-38(21-13-14-24-48)45(60)54-25-22-47(23-26-54,30-41(56)50-3)32-55(46(61)62)31-36-19-11-6-12-20-36/h4-12,15-20,33,37-40H,13-14,21-32,48-49H2,1-3H3,(H,50,56)(H,51,58)(H,52,57)(H,53,59)(H,61,62)/t37-,38-,39-,40-/m1/s1. The minimum absolute atomic E-state index is 0.0262. The molecule has 4 atom stereocenters. The van der Waals surface area contributed by atoms with Crippen molar-refractivity contribution in [3.63, 3.8) is 0 Å². The Labute approximate surface area is 365 Å². The zero-order valence-corrected chi connectivity index (χ0v) is 36.4. The van der Waals surface area contributed by atoms with Crippen LogP contribution in [0.4, 0.5) is 4.79 Å². The summed E-state index contributed by atoms with van der Waals surface area (Å²) in [6, 6.07) is 23.9. The molecule has 0 aromatic heterocycles. The predicted molar refractivity (Wildman–Crippen MR) is 238 cm³/mol. The fourth-order valence-corrected chi connectivity index (χ4v) is 7.94. The lowest BCUT2D eigenvalue weighted by atomic mass is 9.74. The topological polar surface area (TPSA) is 229 Å². The highest BCUT2D eigenvalue weighted by atomic mass is 16.4. The van der Waals surface area contributed by atoms with Gasteiger partial charge in [-0.2, -0.15) is 0 Å². The molecule has 1 saturated heterocycles. The highest BCUT2D eigenvalue weighted by Crippen LogP contribution is 2.37. The number of nitrogens with two attached hydrogens (primary N) is 2. The van der Waals surface area contributed by atoms with Crippen LogP contribution in [-0.2, 0) is 43.4 Å². The van der Waals surface area contributed by atoms with E-state index in [1.54, 1.807) is 11.9 Å². The number of amides is 6. The monoisotopic (exact) mass is 855 g/mol. The van der Waals surface area contributed by atoms with E-state index < -0.39 is 53.4 Å². The van der Waals surface area contributed by atoms with Crippen molar-refractivity contribution in [2.45, 2.75) is 102 Å². The molecule has 3 aromatic rings. The number of rotatable bonds is 23. The SMILES string of the molecule is CNC(=O)CC1(CN(Cc2ccccc2)C(=O)O)CCN(C(=O)[C@@H](CCCCN)NC(=O)[C@@H](CC(C)C)NC(=O)[C@@H](Cc2ccccc2)NC(=O)[C@H](N)Cc2ccccc2)CC1. The van der Waals surface area contributed by atoms with Crippen LogP contribution in [0.5, 0.6) is 0 Å². The lowest BCUT2D eigenvalue weighted by molar-refractivity contribution is -0.140. The molecule has 1 fully saturated rings. The number of carbonyl (C=O) groups excluding carboxylic acids is 5. The van der Waals surface area contributed by atoms with E-state index in [4.69, 9.17) is 11.5 Å². The van der Waals surface area contributed by atoms with Gasteiger partial charge in [-0.05, 0) is 74.1 Å². The fraction of sp³-hybridized carbons (Fsp3) is 0.489. The minimum Gasteiger partial charge on any atom is -0.465 e. The van der Waals surface area contributed by atoms with Crippen LogP contribution in [0.3, 0.4) is 0 Å². The van der Waals surface area contributed by atoms with Gasteiger partial charge < -0.3 is 47.6 Å². The largest absolute Gasteiger partial charge is 0.465 e. The highest BCUT2D eigenvalue weighted by Gasteiger charge is 2.41. The zero-order chi connectivity index (χ0) is 45.1. The first-order chi connectivity index (χ1) is 29.7. The Morgan fingerprint density at radius 1 is 0.726 bits per heavy atom. The lowest BCUT2D eigenvalue weighted by Crippen LogP contribution is -2.59. The summed E-state index contributed by atoms with van der Waals surface area (Å²) in [5, 5.41) is 21.5. The molecule has 0 bridgehead atoms. The third kappa shape index (κ3) is 15.6. The first-order valence-corrected chi connectivity index (χ1v) is 21.7. The van der Waals surface area contributed by atoms with Gasteiger partial charge >= 0.3 is 6.09 Å². The molecule has 15 heteroatoms. The summed E-state index contributed by atoms with van der Waals surface area (Å²) < 4.78 is 0. The van der Waals surface area contributed by atoms with E-state index in [-0.39, 0.29) is 69.6 Å². The van der Waals surface area contributed by atoms with Crippen molar-refractivity contribution < 1.29 is 33.9 Å². The van der Waals surface area contributed by atoms with Gasteiger partial charge in [0.15, 0.2) is 0 Å². The first kappa shape index (κ1) is 48.9. The molecule has 336 valence electrons. The predicted octanol–water partition coefficient (Wildman–Crippen LogP) is 3.35. The Hall–Kier alpha value is -5.80. The summed E-state index contributed by atoms with van der Waals surface area (Å²) in [5.74, 6) is -2.16. The van der Waals surface area contributed by atoms with Crippen molar-refractivity contribution in [2.75, 3.05) is 33.2 Å². The van der Waals surface area contributed by atoms with Crippen LogP contribution in [0.15, 0.2) is 91.0 Å². The van der Waals surface area contributed by atoms with Crippen molar-refractivity contribution in [3.05, 3.63) is 108 Å². The molecule has 0 spiro atoms. The molecule has 1 heterocycles. The minimum atomic E-state index is -1.10. The number of nitrogens with one attached hydrogen (secondary N) is 4. The van der Waals surface area contributed by atoms with E-state index >= 15 is 0 Å². The lowest BCUT2D eigenvalue weighted by Gasteiger charge is -2.44. The summed E-state index contributed by atoms with van der Waals surface area (Å²) in [4.78, 5) is 84.4. The van der Waals surface area contributed by atoms with Crippen LogP contribution in [0.1, 0.15) is 75.5 Å². The number of benzene rings is 3. The number of nitrogens with zero attached hydrogens (tertiary/aromatic N) is 2. The van der Waals surface area contributed by atoms with Crippen molar-refractivity contribution in [1.29, 1.82) is 0 Å². The molecule has 1 aliphatic heterocycles.